The van der Waals surface area contributed by atoms with Crippen LogP contribution < -0.4 is 10.6 Å². The predicted octanol–water partition coefficient (Wildman–Crippen LogP) is 2.68. The summed E-state index contributed by atoms with van der Waals surface area (Å²) in [4.78, 5) is 24.0. The van der Waals surface area contributed by atoms with Crippen molar-refractivity contribution in [3.05, 3.63) is 11.8 Å². The van der Waals surface area contributed by atoms with Crippen molar-refractivity contribution in [1.29, 1.82) is 0 Å². The summed E-state index contributed by atoms with van der Waals surface area (Å²) in [7, 11) is 0. The summed E-state index contributed by atoms with van der Waals surface area (Å²) in [6, 6.07) is 2.01. The normalized spacial score (nSPS) is 19.4. The van der Waals surface area contributed by atoms with Gasteiger partial charge in [-0.2, -0.15) is 4.98 Å². The molecular weight excluding hydrogens is 306 g/mol. The van der Waals surface area contributed by atoms with Crippen molar-refractivity contribution >= 4 is 17.9 Å². The van der Waals surface area contributed by atoms with Gasteiger partial charge >= 0.3 is 6.09 Å². The Kier molecular flexibility index (Phi) is 4.27. The first-order valence-electron chi connectivity index (χ1n) is 8.67. The molecule has 2 fully saturated rings. The molecule has 0 bridgehead atoms. The standard InChI is InChI=1S/C17H27N5O2/c1-17(2,3)22(16(23)24)12-9-21(10-12)14-8-13(19-15(18)20-14)11-6-4-5-7-11/h8,11-12H,4-7,9-10H2,1-3H3,(H,23,24)(H2,18,19,20). The molecule has 0 spiro atoms. The van der Waals surface area contributed by atoms with E-state index in [1.807, 2.05) is 26.8 Å². The van der Waals surface area contributed by atoms with Gasteiger partial charge in [0.2, 0.25) is 5.95 Å². The molecule has 0 radical (unpaired) electrons. The zero-order valence-electron chi connectivity index (χ0n) is 14.7. The van der Waals surface area contributed by atoms with E-state index in [1.54, 1.807) is 0 Å². The third kappa shape index (κ3) is 3.25. The molecule has 3 rings (SSSR count). The first-order valence-corrected chi connectivity index (χ1v) is 8.67. The van der Waals surface area contributed by atoms with Crippen LogP contribution in [0, 0.1) is 0 Å². The van der Waals surface area contributed by atoms with E-state index in [2.05, 4.69) is 14.9 Å². The van der Waals surface area contributed by atoms with E-state index in [4.69, 9.17) is 5.73 Å². The van der Waals surface area contributed by atoms with Crippen LogP contribution in [0.3, 0.4) is 0 Å². The summed E-state index contributed by atoms with van der Waals surface area (Å²) in [5.74, 6) is 1.61. The lowest BCUT2D eigenvalue weighted by molar-refractivity contribution is 0.0600. The molecule has 1 aromatic heterocycles. The molecule has 7 heteroatoms. The zero-order valence-corrected chi connectivity index (χ0v) is 14.7. The predicted molar refractivity (Wildman–Crippen MR) is 93.3 cm³/mol. The zero-order chi connectivity index (χ0) is 17.5. The fraction of sp³-hybridized carbons (Fsp3) is 0.706. The van der Waals surface area contributed by atoms with Gasteiger partial charge < -0.3 is 15.7 Å². The second-order valence-electron chi connectivity index (χ2n) is 7.87. The van der Waals surface area contributed by atoms with Gasteiger partial charge in [0, 0.05) is 30.6 Å². The second-order valence-corrected chi connectivity index (χ2v) is 7.87. The van der Waals surface area contributed by atoms with Crippen molar-refractivity contribution in [1.82, 2.24) is 14.9 Å². The molecule has 1 aromatic rings. The third-order valence-electron chi connectivity index (χ3n) is 5.00. The van der Waals surface area contributed by atoms with Crippen LogP contribution in [0.2, 0.25) is 0 Å². The third-order valence-corrected chi connectivity index (χ3v) is 5.00. The molecule has 0 aromatic carbocycles. The molecule has 0 atom stereocenters. The first kappa shape index (κ1) is 16.8. The minimum Gasteiger partial charge on any atom is -0.465 e. The van der Waals surface area contributed by atoms with E-state index < -0.39 is 11.6 Å². The van der Waals surface area contributed by atoms with Crippen LogP contribution in [0.4, 0.5) is 16.6 Å². The quantitative estimate of drug-likeness (QED) is 0.883. The monoisotopic (exact) mass is 333 g/mol. The number of carbonyl (C=O) groups is 1. The summed E-state index contributed by atoms with van der Waals surface area (Å²) in [6.45, 7) is 7.05. The number of anilines is 2. The van der Waals surface area contributed by atoms with Crippen molar-refractivity contribution in [2.24, 2.45) is 0 Å². The molecule has 1 saturated carbocycles. The number of rotatable bonds is 3. The van der Waals surface area contributed by atoms with Gasteiger partial charge in [0.1, 0.15) is 5.82 Å². The number of nitrogens with zero attached hydrogens (tertiary/aromatic N) is 4. The maximum Gasteiger partial charge on any atom is 0.408 e. The van der Waals surface area contributed by atoms with E-state index in [9.17, 15) is 9.90 Å². The average molecular weight is 333 g/mol. The molecule has 24 heavy (non-hydrogen) atoms. The number of amides is 1. The fourth-order valence-electron chi connectivity index (χ4n) is 3.86. The lowest BCUT2D eigenvalue weighted by atomic mass is 9.98. The molecule has 7 nitrogen and oxygen atoms in total. The number of hydrogen-bond acceptors (Lipinski definition) is 5. The van der Waals surface area contributed by atoms with Crippen molar-refractivity contribution in [3.8, 4) is 0 Å². The van der Waals surface area contributed by atoms with Gasteiger partial charge in [-0.3, -0.25) is 4.90 Å². The Labute approximate surface area is 142 Å². The molecule has 2 heterocycles. The van der Waals surface area contributed by atoms with Gasteiger partial charge in [0.25, 0.3) is 0 Å². The Bertz CT molecular complexity index is 616. The highest BCUT2D eigenvalue weighted by Gasteiger charge is 2.41. The molecular formula is C17H27N5O2. The largest absolute Gasteiger partial charge is 0.465 e. The number of aromatic nitrogens is 2. The Morgan fingerprint density at radius 1 is 1.29 bits per heavy atom. The molecule has 1 aliphatic carbocycles. The first-order chi connectivity index (χ1) is 11.3. The number of carboxylic acid groups (broad SMARTS) is 1. The lowest BCUT2D eigenvalue weighted by Crippen LogP contribution is -2.65. The Hall–Kier alpha value is -2.05. The van der Waals surface area contributed by atoms with Gasteiger partial charge in [0.15, 0.2) is 0 Å². The van der Waals surface area contributed by atoms with Crippen molar-refractivity contribution in [2.45, 2.75) is 64.0 Å². The van der Waals surface area contributed by atoms with E-state index in [0.29, 0.717) is 25.0 Å². The molecule has 0 unspecified atom stereocenters. The summed E-state index contributed by atoms with van der Waals surface area (Å²) >= 11 is 0. The van der Waals surface area contributed by atoms with Gasteiger partial charge in [-0.25, -0.2) is 9.78 Å². The SMILES string of the molecule is CC(C)(C)N(C(=O)O)C1CN(c2cc(C3CCCC3)nc(N)n2)C1. The maximum absolute atomic E-state index is 11.6. The van der Waals surface area contributed by atoms with Crippen LogP contribution in [0.15, 0.2) is 6.07 Å². The van der Waals surface area contributed by atoms with Crippen LogP contribution in [-0.2, 0) is 0 Å². The minimum absolute atomic E-state index is 0.0198. The van der Waals surface area contributed by atoms with Gasteiger partial charge in [-0.15, -0.1) is 0 Å². The molecule has 1 saturated heterocycles. The van der Waals surface area contributed by atoms with E-state index in [-0.39, 0.29) is 6.04 Å². The van der Waals surface area contributed by atoms with Gasteiger partial charge in [-0.1, -0.05) is 12.8 Å². The van der Waals surface area contributed by atoms with E-state index in [0.717, 1.165) is 24.4 Å². The van der Waals surface area contributed by atoms with Crippen LogP contribution in [0.25, 0.3) is 0 Å². The topological polar surface area (TPSA) is 95.6 Å². The van der Waals surface area contributed by atoms with Crippen molar-refractivity contribution < 1.29 is 9.90 Å². The highest BCUT2D eigenvalue weighted by Crippen LogP contribution is 2.35. The summed E-state index contributed by atoms with van der Waals surface area (Å²) in [6.07, 6.45) is 3.94. The van der Waals surface area contributed by atoms with Crippen molar-refractivity contribution in [2.75, 3.05) is 23.7 Å². The molecule has 3 N–H and O–H groups in total. The van der Waals surface area contributed by atoms with E-state index >= 15 is 0 Å². The molecule has 1 amide bonds. The van der Waals surface area contributed by atoms with Crippen LogP contribution in [-0.4, -0.2) is 50.7 Å². The molecule has 2 aliphatic rings. The van der Waals surface area contributed by atoms with Gasteiger partial charge in [0.05, 0.1) is 11.7 Å². The Morgan fingerprint density at radius 2 is 1.92 bits per heavy atom. The molecule has 132 valence electrons. The lowest BCUT2D eigenvalue weighted by Gasteiger charge is -2.49. The minimum atomic E-state index is -0.874. The Balaban J connectivity index is 1.72. The smallest absolute Gasteiger partial charge is 0.408 e. The fourth-order valence-corrected chi connectivity index (χ4v) is 3.86. The number of nitrogen functional groups attached to an aromatic ring is 1. The van der Waals surface area contributed by atoms with Crippen LogP contribution in [0.1, 0.15) is 58.1 Å². The molecule has 1 aliphatic heterocycles. The highest BCUT2D eigenvalue weighted by molar-refractivity contribution is 5.67. The second kappa shape index (κ2) is 6.11. The average Bonchev–Trinajstić information content (AvgIpc) is 2.93. The summed E-state index contributed by atoms with van der Waals surface area (Å²) in [5.41, 5.74) is 6.52. The number of hydrogen-bond donors (Lipinski definition) is 2. The van der Waals surface area contributed by atoms with E-state index in [1.165, 1.54) is 17.7 Å². The van der Waals surface area contributed by atoms with Crippen molar-refractivity contribution in [3.63, 3.8) is 0 Å². The van der Waals surface area contributed by atoms with Gasteiger partial charge in [-0.05, 0) is 33.6 Å². The van der Waals surface area contributed by atoms with Crippen LogP contribution >= 0.6 is 0 Å². The number of nitrogens with two attached hydrogens (primary N) is 1. The van der Waals surface area contributed by atoms with Crippen LogP contribution in [0.5, 0.6) is 0 Å². The summed E-state index contributed by atoms with van der Waals surface area (Å²) in [5, 5.41) is 9.49. The maximum atomic E-state index is 11.6. The summed E-state index contributed by atoms with van der Waals surface area (Å²) < 4.78 is 0. The highest BCUT2D eigenvalue weighted by atomic mass is 16.4. The Morgan fingerprint density at radius 3 is 2.46 bits per heavy atom.